The summed E-state index contributed by atoms with van der Waals surface area (Å²) in [7, 11) is 2.22. The largest absolute Gasteiger partial charge is 0.306 e. The highest BCUT2D eigenvalue weighted by Crippen LogP contribution is 2.26. The van der Waals surface area contributed by atoms with E-state index in [4.69, 9.17) is 0 Å². The lowest BCUT2D eigenvalue weighted by Crippen LogP contribution is -2.26. The monoisotopic (exact) mass is 370 g/mol. The van der Waals surface area contributed by atoms with Crippen LogP contribution in [0.4, 0.5) is 0 Å². The van der Waals surface area contributed by atoms with Crippen LogP contribution in [-0.2, 0) is 0 Å². The van der Waals surface area contributed by atoms with E-state index in [-0.39, 0.29) is 0 Å². The van der Waals surface area contributed by atoms with Crippen LogP contribution in [0.2, 0.25) is 0 Å². The molecule has 4 nitrogen and oxygen atoms in total. The zero-order valence-electron chi connectivity index (χ0n) is 18.2. The summed E-state index contributed by atoms with van der Waals surface area (Å²) in [5.41, 5.74) is 3.57. The van der Waals surface area contributed by atoms with Gasteiger partial charge in [-0.15, -0.1) is 0 Å². The molecule has 0 aliphatic heterocycles. The lowest BCUT2D eigenvalue weighted by Gasteiger charge is -2.24. The maximum atomic E-state index is 4.60. The van der Waals surface area contributed by atoms with Gasteiger partial charge in [-0.25, -0.2) is 9.97 Å². The lowest BCUT2D eigenvalue weighted by molar-refractivity contribution is 0.306. The molecule has 27 heavy (non-hydrogen) atoms. The summed E-state index contributed by atoms with van der Waals surface area (Å²) in [5.74, 6) is 0.897. The molecule has 0 amide bonds. The lowest BCUT2D eigenvalue weighted by atomic mass is 9.92. The Morgan fingerprint density at radius 2 is 2.07 bits per heavy atom. The van der Waals surface area contributed by atoms with Gasteiger partial charge in [-0.05, 0) is 69.3 Å². The molecule has 2 unspecified atom stereocenters. The third-order valence-electron chi connectivity index (χ3n) is 4.70. The van der Waals surface area contributed by atoms with Crippen LogP contribution in [-0.4, -0.2) is 47.8 Å². The number of nitrogens with zero attached hydrogens (tertiary/aromatic N) is 4. The predicted molar refractivity (Wildman–Crippen MR) is 118 cm³/mol. The van der Waals surface area contributed by atoms with Gasteiger partial charge in [0.05, 0.1) is 5.69 Å². The highest BCUT2D eigenvalue weighted by Gasteiger charge is 2.16. The molecule has 0 saturated carbocycles. The van der Waals surface area contributed by atoms with Gasteiger partial charge < -0.3 is 4.90 Å². The minimum absolute atomic E-state index is 0.429. The number of aliphatic imine (C=N–C) groups is 1. The second-order valence-corrected chi connectivity index (χ2v) is 7.48. The van der Waals surface area contributed by atoms with Gasteiger partial charge in [0.15, 0.2) is 0 Å². The van der Waals surface area contributed by atoms with E-state index in [1.807, 2.05) is 19.3 Å². The third-order valence-corrected chi connectivity index (χ3v) is 4.70. The van der Waals surface area contributed by atoms with Crippen LogP contribution in [0, 0.1) is 18.8 Å². The molecule has 150 valence electrons. The maximum Gasteiger partial charge on any atom is 0.116 e. The number of rotatable bonds is 12. The van der Waals surface area contributed by atoms with Gasteiger partial charge in [-0.3, -0.25) is 4.99 Å². The van der Waals surface area contributed by atoms with Crippen LogP contribution < -0.4 is 0 Å². The van der Waals surface area contributed by atoms with Crippen molar-refractivity contribution in [2.24, 2.45) is 16.8 Å². The quantitative estimate of drug-likeness (QED) is 0.474. The fourth-order valence-corrected chi connectivity index (χ4v) is 3.11. The van der Waals surface area contributed by atoms with Gasteiger partial charge in [0.2, 0.25) is 0 Å². The summed E-state index contributed by atoms with van der Waals surface area (Å²) in [6, 6.07) is 0. The fraction of sp³-hybridized carbons (Fsp3) is 0.609. The van der Waals surface area contributed by atoms with Gasteiger partial charge in [-0.1, -0.05) is 39.3 Å². The van der Waals surface area contributed by atoms with Crippen molar-refractivity contribution >= 4 is 11.8 Å². The first kappa shape index (κ1) is 23.2. The zero-order valence-corrected chi connectivity index (χ0v) is 18.2. The average Bonchev–Trinajstić information content (AvgIpc) is 2.65. The van der Waals surface area contributed by atoms with Gasteiger partial charge in [-0.2, -0.15) is 0 Å². The van der Waals surface area contributed by atoms with Crippen LogP contribution >= 0.6 is 0 Å². The molecule has 0 saturated heterocycles. The summed E-state index contributed by atoms with van der Waals surface area (Å²) >= 11 is 0. The fourth-order valence-electron chi connectivity index (χ4n) is 3.11. The summed E-state index contributed by atoms with van der Waals surface area (Å²) in [6.07, 6.45) is 15.6. The molecule has 1 heterocycles. The summed E-state index contributed by atoms with van der Waals surface area (Å²) in [4.78, 5) is 15.4. The molecule has 0 radical (unpaired) electrons. The number of hydrogen-bond donors (Lipinski definition) is 0. The first-order chi connectivity index (χ1) is 13.0. The van der Waals surface area contributed by atoms with E-state index < -0.39 is 0 Å². The molecule has 0 fully saturated rings. The van der Waals surface area contributed by atoms with Crippen LogP contribution in [0.15, 0.2) is 35.7 Å². The number of aryl methyl sites for hydroxylation is 1. The third kappa shape index (κ3) is 9.09. The van der Waals surface area contributed by atoms with Crippen LogP contribution in [0.25, 0.3) is 5.57 Å². The Labute approximate surface area is 166 Å². The minimum atomic E-state index is 0.429. The van der Waals surface area contributed by atoms with Crippen molar-refractivity contribution < 1.29 is 0 Å². The van der Waals surface area contributed by atoms with E-state index in [2.05, 4.69) is 72.8 Å². The van der Waals surface area contributed by atoms with Crippen molar-refractivity contribution in [1.82, 2.24) is 14.9 Å². The number of hydrogen-bond acceptors (Lipinski definition) is 4. The highest BCUT2D eigenvalue weighted by molar-refractivity contribution is 5.71. The predicted octanol–water partition coefficient (Wildman–Crippen LogP) is 5.21. The van der Waals surface area contributed by atoms with Gasteiger partial charge in [0.1, 0.15) is 6.33 Å². The molecule has 0 aliphatic rings. The maximum absolute atomic E-state index is 4.60. The Kier molecular flexibility index (Phi) is 11.5. The van der Waals surface area contributed by atoms with E-state index in [1.165, 1.54) is 18.4 Å². The summed E-state index contributed by atoms with van der Waals surface area (Å²) in [5, 5.41) is 0. The van der Waals surface area contributed by atoms with Crippen molar-refractivity contribution in [3.63, 3.8) is 0 Å². The molecule has 0 N–H and O–H groups in total. The average molecular weight is 371 g/mol. The first-order valence-electron chi connectivity index (χ1n) is 10.3. The second-order valence-electron chi connectivity index (χ2n) is 7.48. The van der Waals surface area contributed by atoms with E-state index in [0.717, 1.165) is 37.3 Å². The van der Waals surface area contributed by atoms with Gasteiger partial charge >= 0.3 is 0 Å². The number of unbranched alkanes of at least 4 members (excludes halogenated alkanes) is 1. The molecule has 1 aromatic heterocycles. The van der Waals surface area contributed by atoms with E-state index >= 15 is 0 Å². The Hall–Kier alpha value is -1.81. The Morgan fingerprint density at radius 1 is 1.30 bits per heavy atom. The second kappa shape index (κ2) is 13.4. The molecule has 1 aromatic rings. The molecule has 0 aliphatic carbocycles. The summed E-state index contributed by atoms with van der Waals surface area (Å²) in [6.45, 7) is 14.0. The Balaban J connectivity index is 2.92. The minimum Gasteiger partial charge on any atom is -0.306 e. The van der Waals surface area contributed by atoms with Gasteiger partial charge in [0.25, 0.3) is 0 Å². The number of allylic oxidation sites excluding steroid dienone is 3. The molecule has 0 aromatic carbocycles. The van der Waals surface area contributed by atoms with Crippen LogP contribution in [0.5, 0.6) is 0 Å². The van der Waals surface area contributed by atoms with Crippen molar-refractivity contribution in [2.75, 3.05) is 26.7 Å². The van der Waals surface area contributed by atoms with E-state index in [1.54, 1.807) is 6.33 Å². The molecule has 4 heteroatoms. The van der Waals surface area contributed by atoms with Crippen molar-refractivity contribution in [2.45, 2.75) is 53.9 Å². The van der Waals surface area contributed by atoms with E-state index in [0.29, 0.717) is 11.8 Å². The SMILES string of the molecule is CCCCN(C)CC(C)/C(=C/CC(C)/C=C\C=N/CC)c1ncncc1C. The van der Waals surface area contributed by atoms with Crippen LogP contribution in [0.1, 0.15) is 58.2 Å². The molecule has 1 rings (SSSR count). The highest BCUT2D eigenvalue weighted by atomic mass is 15.1. The van der Waals surface area contributed by atoms with Gasteiger partial charge in [0, 0.05) is 25.5 Å². The molecular weight excluding hydrogens is 332 g/mol. The van der Waals surface area contributed by atoms with Crippen molar-refractivity contribution in [1.29, 1.82) is 0 Å². The first-order valence-corrected chi connectivity index (χ1v) is 10.3. The summed E-state index contributed by atoms with van der Waals surface area (Å²) < 4.78 is 0. The van der Waals surface area contributed by atoms with E-state index in [9.17, 15) is 0 Å². The van der Waals surface area contributed by atoms with Crippen LogP contribution in [0.3, 0.4) is 0 Å². The normalized spacial score (nSPS) is 15.1. The zero-order chi connectivity index (χ0) is 20.1. The molecule has 0 bridgehead atoms. The molecular formula is C23H38N4. The number of aromatic nitrogens is 2. The topological polar surface area (TPSA) is 41.4 Å². The van der Waals surface area contributed by atoms with Crippen molar-refractivity contribution in [3.8, 4) is 0 Å². The van der Waals surface area contributed by atoms with Crippen molar-refractivity contribution in [3.05, 3.63) is 42.0 Å². The Bertz CT molecular complexity index is 619. The smallest absolute Gasteiger partial charge is 0.116 e. The Morgan fingerprint density at radius 3 is 2.74 bits per heavy atom. The molecule has 2 atom stereocenters. The standard InChI is InChI=1S/C23H38N4/c1-7-9-15-27(6)17-21(5)22(23-20(4)16-25-18-26-23)13-12-19(3)11-10-14-24-8-2/h10-11,13-14,16,18-19,21H,7-9,12,15,17H2,1-6H3/b11-10-,22-13-,24-14-. The molecule has 0 spiro atoms.